The number of hydrogen-bond acceptors (Lipinski definition) is 6. The molecule has 112 valence electrons. The predicted molar refractivity (Wildman–Crippen MR) is 74.5 cm³/mol. The van der Waals surface area contributed by atoms with Gasteiger partial charge in [-0.1, -0.05) is 12.1 Å². The van der Waals surface area contributed by atoms with Gasteiger partial charge in [0.1, 0.15) is 0 Å². The van der Waals surface area contributed by atoms with Crippen LogP contribution in [0.5, 0.6) is 0 Å². The number of hydrogen-bond donors (Lipinski definition) is 0. The average molecular weight is 280 g/mol. The van der Waals surface area contributed by atoms with Gasteiger partial charge in [0.2, 0.25) is 5.89 Å². The van der Waals surface area contributed by atoms with Gasteiger partial charge in [0.05, 0.1) is 19.3 Å². The molecule has 0 bridgehead atoms. The molecule has 0 radical (unpaired) electrons. The van der Waals surface area contributed by atoms with Crippen LogP contribution < -0.4 is 0 Å². The van der Waals surface area contributed by atoms with Crippen LogP contribution >= 0.6 is 0 Å². The zero-order chi connectivity index (χ0) is 13.8. The fourth-order valence-corrected chi connectivity index (χ4v) is 3.03. The Morgan fingerprint density at radius 2 is 2.05 bits per heavy atom. The van der Waals surface area contributed by atoms with E-state index >= 15 is 0 Å². The quantitative estimate of drug-likeness (QED) is 0.805. The van der Waals surface area contributed by atoms with E-state index in [0.29, 0.717) is 6.04 Å². The minimum absolute atomic E-state index is 0.347. The summed E-state index contributed by atoms with van der Waals surface area (Å²) in [4.78, 5) is 9.48. The Kier molecular flexibility index (Phi) is 4.65. The van der Waals surface area contributed by atoms with Crippen LogP contribution in [0.3, 0.4) is 0 Å². The van der Waals surface area contributed by atoms with Gasteiger partial charge in [-0.2, -0.15) is 4.98 Å². The van der Waals surface area contributed by atoms with Crippen molar-refractivity contribution < 1.29 is 9.26 Å². The lowest BCUT2D eigenvalue weighted by Gasteiger charge is -2.30. The predicted octanol–water partition coefficient (Wildman–Crippen LogP) is 1.10. The number of nitrogens with zero attached hydrogens (tertiary/aromatic N) is 4. The van der Waals surface area contributed by atoms with E-state index in [2.05, 4.69) is 19.9 Å². The molecule has 0 aromatic carbocycles. The first-order valence-electron chi connectivity index (χ1n) is 7.73. The van der Waals surface area contributed by atoms with Gasteiger partial charge in [-0.05, 0) is 19.4 Å². The van der Waals surface area contributed by atoms with Crippen LogP contribution in [0.4, 0.5) is 0 Å². The zero-order valence-corrected chi connectivity index (χ0v) is 12.3. The number of aryl methyl sites for hydroxylation is 1. The number of morpholine rings is 1. The molecule has 2 aliphatic rings. The standard InChI is InChI=1S/C14H24N4O2/c1-2-13-15-14(16-20-13)12-4-3-5-18(12)7-6-17-8-10-19-11-9-17/h12H,2-11H2,1H3/t12-/m1/s1. The second-order valence-corrected chi connectivity index (χ2v) is 5.55. The number of likely N-dealkylation sites (tertiary alicyclic amines) is 1. The molecule has 3 heterocycles. The van der Waals surface area contributed by atoms with Crippen LogP contribution in [0, 0.1) is 0 Å². The smallest absolute Gasteiger partial charge is 0.226 e. The van der Waals surface area contributed by atoms with Crippen molar-refractivity contribution in [3.63, 3.8) is 0 Å². The summed E-state index contributed by atoms with van der Waals surface area (Å²) in [5, 5.41) is 4.15. The lowest BCUT2D eigenvalue weighted by atomic mass is 10.2. The van der Waals surface area contributed by atoms with Gasteiger partial charge in [-0.15, -0.1) is 0 Å². The highest BCUT2D eigenvalue weighted by Gasteiger charge is 2.30. The van der Waals surface area contributed by atoms with Crippen LogP contribution in [0.15, 0.2) is 4.52 Å². The zero-order valence-electron chi connectivity index (χ0n) is 12.3. The molecule has 2 aliphatic heterocycles. The van der Waals surface area contributed by atoms with Gasteiger partial charge in [0, 0.05) is 32.6 Å². The lowest BCUT2D eigenvalue weighted by Crippen LogP contribution is -2.41. The van der Waals surface area contributed by atoms with Gasteiger partial charge < -0.3 is 9.26 Å². The Bertz CT molecular complexity index is 417. The minimum Gasteiger partial charge on any atom is -0.379 e. The summed E-state index contributed by atoms with van der Waals surface area (Å²) in [6.45, 7) is 9.23. The first-order chi connectivity index (χ1) is 9.86. The van der Waals surface area contributed by atoms with E-state index in [9.17, 15) is 0 Å². The second kappa shape index (κ2) is 6.65. The molecular weight excluding hydrogens is 256 g/mol. The number of rotatable bonds is 5. The van der Waals surface area contributed by atoms with Crippen molar-refractivity contribution >= 4 is 0 Å². The summed E-state index contributed by atoms with van der Waals surface area (Å²) in [6, 6.07) is 0.347. The molecule has 1 aromatic rings. The Morgan fingerprint density at radius 3 is 2.80 bits per heavy atom. The van der Waals surface area contributed by atoms with Crippen molar-refractivity contribution in [2.24, 2.45) is 0 Å². The maximum atomic E-state index is 5.39. The highest BCUT2D eigenvalue weighted by atomic mass is 16.5. The van der Waals surface area contributed by atoms with Gasteiger partial charge in [-0.25, -0.2) is 0 Å². The molecule has 0 aliphatic carbocycles. The molecule has 0 saturated carbocycles. The molecule has 6 nitrogen and oxygen atoms in total. The largest absolute Gasteiger partial charge is 0.379 e. The maximum absolute atomic E-state index is 5.39. The van der Waals surface area contributed by atoms with Crippen molar-refractivity contribution in [1.82, 2.24) is 19.9 Å². The van der Waals surface area contributed by atoms with Crippen LogP contribution in [-0.4, -0.2) is 65.9 Å². The third kappa shape index (κ3) is 3.19. The molecule has 1 aromatic heterocycles. The maximum Gasteiger partial charge on any atom is 0.226 e. The van der Waals surface area contributed by atoms with E-state index in [-0.39, 0.29) is 0 Å². The minimum atomic E-state index is 0.347. The van der Waals surface area contributed by atoms with Crippen molar-refractivity contribution in [2.45, 2.75) is 32.2 Å². The Morgan fingerprint density at radius 1 is 1.20 bits per heavy atom. The second-order valence-electron chi connectivity index (χ2n) is 5.55. The third-order valence-electron chi connectivity index (χ3n) is 4.26. The van der Waals surface area contributed by atoms with Crippen molar-refractivity contribution in [3.05, 3.63) is 11.7 Å². The summed E-state index contributed by atoms with van der Waals surface area (Å²) in [6.07, 6.45) is 3.18. The molecule has 3 rings (SSSR count). The van der Waals surface area contributed by atoms with E-state index in [1.165, 1.54) is 6.42 Å². The monoisotopic (exact) mass is 280 g/mol. The molecule has 2 fully saturated rings. The van der Waals surface area contributed by atoms with Crippen LogP contribution in [0.25, 0.3) is 0 Å². The topological polar surface area (TPSA) is 54.6 Å². The first kappa shape index (κ1) is 14.0. The summed E-state index contributed by atoms with van der Waals surface area (Å²) in [7, 11) is 0. The highest BCUT2D eigenvalue weighted by Crippen LogP contribution is 2.29. The highest BCUT2D eigenvalue weighted by molar-refractivity contribution is 4.98. The van der Waals surface area contributed by atoms with E-state index in [0.717, 1.165) is 70.5 Å². The molecule has 1 atom stereocenters. The summed E-state index contributed by atoms with van der Waals surface area (Å²) in [5.74, 6) is 1.63. The SMILES string of the molecule is CCc1nc([C@H]2CCCN2CCN2CCOCC2)no1. The summed E-state index contributed by atoms with van der Waals surface area (Å²) < 4.78 is 10.6. The molecule has 0 amide bonds. The lowest BCUT2D eigenvalue weighted by molar-refractivity contribution is 0.0324. The molecule has 0 unspecified atom stereocenters. The average Bonchev–Trinajstić information content (AvgIpc) is 3.14. The van der Waals surface area contributed by atoms with E-state index in [1.807, 2.05) is 6.92 Å². The fourth-order valence-electron chi connectivity index (χ4n) is 3.03. The van der Waals surface area contributed by atoms with Crippen molar-refractivity contribution in [2.75, 3.05) is 45.9 Å². The fraction of sp³-hybridized carbons (Fsp3) is 0.857. The van der Waals surface area contributed by atoms with Crippen LogP contribution in [0.2, 0.25) is 0 Å². The van der Waals surface area contributed by atoms with E-state index < -0.39 is 0 Å². The number of ether oxygens (including phenoxy) is 1. The molecule has 0 N–H and O–H groups in total. The van der Waals surface area contributed by atoms with Crippen LogP contribution in [-0.2, 0) is 11.2 Å². The Labute approximate surface area is 120 Å². The van der Waals surface area contributed by atoms with Gasteiger partial charge in [-0.3, -0.25) is 9.80 Å². The van der Waals surface area contributed by atoms with Crippen LogP contribution in [0.1, 0.15) is 37.5 Å². The summed E-state index contributed by atoms with van der Waals surface area (Å²) >= 11 is 0. The molecule has 20 heavy (non-hydrogen) atoms. The number of aromatic nitrogens is 2. The molecule has 6 heteroatoms. The molecular formula is C14H24N4O2. The van der Waals surface area contributed by atoms with Gasteiger partial charge >= 0.3 is 0 Å². The summed E-state index contributed by atoms with van der Waals surface area (Å²) in [5.41, 5.74) is 0. The molecule has 2 saturated heterocycles. The Balaban J connectivity index is 1.54. The molecule has 0 spiro atoms. The van der Waals surface area contributed by atoms with Crippen molar-refractivity contribution in [3.8, 4) is 0 Å². The normalized spacial score (nSPS) is 25.4. The van der Waals surface area contributed by atoms with E-state index in [1.54, 1.807) is 0 Å². The Hall–Kier alpha value is -0.980. The van der Waals surface area contributed by atoms with E-state index in [4.69, 9.17) is 9.26 Å². The first-order valence-corrected chi connectivity index (χ1v) is 7.73. The van der Waals surface area contributed by atoms with Gasteiger partial charge in [0.25, 0.3) is 0 Å². The van der Waals surface area contributed by atoms with Crippen molar-refractivity contribution in [1.29, 1.82) is 0 Å². The van der Waals surface area contributed by atoms with Gasteiger partial charge in [0.15, 0.2) is 5.82 Å². The third-order valence-corrected chi connectivity index (χ3v) is 4.26.